The number of nitrogens with one attached hydrogen (secondary N) is 1. The van der Waals surface area contributed by atoms with Crippen molar-refractivity contribution in [1.82, 2.24) is 5.32 Å². The highest BCUT2D eigenvalue weighted by atomic mass is 32.2. The van der Waals surface area contributed by atoms with E-state index in [0.29, 0.717) is 53.4 Å². The van der Waals surface area contributed by atoms with E-state index in [4.69, 9.17) is 37.9 Å². The number of methoxy groups -OCH3 is 3. The topological polar surface area (TPSA) is 212 Å². The number of phenolic OH excluding ortho intramolecular Hbond substituents is 1. The molecule has 5 aromatic carbocycles. The molecule has 5 aromatic rings. The number of aliphatic hydroxyl groups is 1. The van der Waals surface area contributed by atoms with E-state index < -0.39 is 9.84 Å². The third-order valence-electron chi connectivity index (χ3n) is 25.3. The Morgan fingerprint density at radius 1 is 0.514 bits per heavy atom. The van der Waals surface area contributed by atoms with Crippen LogP contribution in [-0.2, 0) is 61.8 Å². The molecule has 0 saturated carbocycles. The SMILES string of the molecule is CC(C)(C)NCCS(C)(=O)=O.CC(C)(C)Oc1c(C(C)(C)C)cc(SC(C)(C)Sc2cc(C(C)(C)C)c(O)c(C(C)(C)C)c2)cc1C(C)(C)C.CCC1=C(OC)C(=O)C(CCCCCCCCCCOC(C)(C)C)=C(C)C1=O.COc1cc(/C=C/C(=O)C=C(O)/C=C/c2ccc(OC(C)(C)C)c(OC)c2)ccc1C.Cc1c(C)c2c(c(C)c1OC(C)(C)C)CCC(C)(CCCC(C)CCCC(C)CCCC(C)C)O2. The minimum atomic E-state index is -2.81. The summed E-state index contributed by atoms with van der Waals surface area (Å²) in [6.07, 6.45) is 33.4. The van der Waals surface area contributed by atoms with Crippen LogP contribution in [0, 0.1) is 45.4 Å². The molecular formula is C125H201NO15S3. The first-order valence-electron chi connectivity index (χ1n) is 53.5. The number of aromatic hydroxyl groups is 1. The van der Waals surface area contributed by atoms with Gasteiger partial charge in [-0.15, -0.1) is 23.5 Å². The van der Waals surface area contributed by atoms with E-state index in [2.05, 4.69) is 244 Å². The van der Waals surface area contributed by atoms with E-state index in [1.54, 1.807) is 39.4 Å². The summed E-state index contributed by atoms with van der Waals surface area (Å²) in [5.74, 6) is 8.08. The Morgan fingerprint density at radius 2 is 0.965 bits per heavy atom. The number of rotatable bonds is 42. The van der Waals surface area contributed by atoms with Gasteiger partial charge in [-0.1, -0.05) is 232 Å². The Labute approximate surface area is 886 Å². The maximum atomic E-state index is 12.6. The molecule has 0 spiro atoms. The number of thioether (sulfide) groups is 2. The fourth-order valence-corrected chi connectivity index (χ4v) is 20.3. The van der Waals surface area contributed by atoms with Crippen LogP contribution in [0.2, 0.25) is 0 Å². The lowest BCUT2D eigenvalue weighted by molar-refractivity contribution is -0.119. The van der Waals surface area contributed by atoms with E-state index >= 15 is 0 Å². The van der Waals surface area contributed by atoms with Crippen LogP contribution < -0.4 is 33.7 Å². The van der Waals surface area contributed by atoms with Crippen molar-refractivity contribution < 1.29 is 70.9 Å². The van der Waals surface area contributed by atoms with Crippen molar-refractivity contribution in [3.63, 3.8) is 0 Å². The molecule has 0 amide bonds. The molecule has 1 aliphatic carbocycles. The number of unbranched alkanes of at least 4 members (excludes halogenated alkanes) is 7. The van der Waals surface area contributed by atoms with Crippen LogP contribution in [0.4, 0.5) is 0 Å². The second-order valence-corrected chi connectivity index (χ2v) is 56.5. The molecule has 0 aromatic heterocycles. The molecule has 3 N–H and O–H groups in total. The van der Waals surface area contributed by atoms with Crippen LogP contribution in [0.1, 0.15) is 439 Å². The van der Waals surface area contributed by atoms with Crippen molar-refractivity contribution in [3.8, 4) is 40.2 Å². The number of Topliss-reactive ketones (excluding diaryl/α,β-unsaturated/α-hetero) is 2. The molecule has 0 bridgehead atoms. The third kappa shape index (κ3) is 48.5. The molecule has 2 aliphatic rings. The molecule has 814 valence electrons. The summed E-state index contributed by atoms with van der Waals surface area (Å²) in [6.45, 7) is 87.8. The average molecular weight is 2050 g/mol. The summed E-state index contributed by atoms with van der Waals surface area (Å²) in [7, 11) is 1.85. The number of hydrogen-bond donors (Lipinski definition) is 3. The summed E-state index contributed by atoms with van der Waals surface area (Å²) in [6, 6.07) is 20.2. The molecule has 0 radical (unpaired) electrons. The number of benzene rings is 5. The van der Waals surface area contributed by atoms with Gasteiger partial charge in [-0.05, 0) is 338 Å². The standard InChI is InChI=1S/C35H56O2S2.C33H58O2.C26H30O5.C24H40O4.C7H17NO2S/c1-30(2,3)24-18-22(19-25(28(24)36)31(4,5)6)38-35(16,17)39-23-20-26(32(7,8)9)29(37-34(13,14)15)27(21-23)33(10,11)12;1-23(2)15-12-16-24(3)17-13-18-25(4)19-14-21-33(11)22-20-29-28(7)30(34-32(8,9)10)26(5)27(6)31(29)35-33;1-18-7-8-19(15-24(18)29-5)9-12-21(27)17-22(28)13-10-20-11-14-23(25(16-20)30-6)31-26(2,3)4;1-7-19-21(25)18(2)20(22(26)23(19)27-6)16-14-12-10-8-9-11-13-15-17-28-24(3,4)5;1-7(2,3)8-5-6-11(4,9)10/h18-21,36H,1-17H3;23-25H,12-22H2,1-11H3;7-17,28H,1-6H3;7-17H2,1-6H3;8H,5-6H2,1-4H3/b;;12-9+,13-10+,22-17?;;. The number of carbonyl (C=O) groups is 3. The van der Waals surface area contributed by atoms with E-state index in [1.165, 1.54) is 152 Å². The van der Waals surface area contributed by atoms with Crippen molar-refractivity contribution in [1.29, 1.82) is 0 Å². The van der Waals surface area contributed by atoms with Crippen molar-refractivity contribution in [2.24, 2.45) is 17.8 Å². The number of aryl methyl sites for hydroxylation is 1. The number of allylic oxidation sites excluding steroid dienone is 6. The Hall–Kier alpha value is -7.42. The normalized spacial score (nSPS) is 15.4. The summed E-state index contributed by atoms with van der Waals surface area (Å²) in [5, 5.41) is 24.4. The molecule has 3 atom stereocenters. The van der Waals surface area contributed by atoms with Gasteiger partial charge in [0, 0.05) is 85.3 Å². The predicted molar refractivity (Wildman–Crippen MR) is 615 cm³/mol. The fraction of sp³-hybridized carbons (Fsp3) is 0.656. The Kier molecular flexibility index (Phi) is 51.7. The maximum Gasteiger partial charge on any atom is 0.224 e. The summed E-state index contributed by atoms with van der Waals surface area (Å²) in [5.41, 5.74) is 12.8. The van der Waals surface area contributed by atoms with E-state index in [0.717, 1.165) is 120 Å². The fourth-order valence-electron chi connectivity index (χ4n) is 17.3. The first-order valence-corrected chi connectivity index (χ1v) is 57.2. The number of aliphatic hydroxyl groups excluding tert-OH is 1. The van der Waals surface area contributed by atoms with Crippen molar-refractivity contribution in [2.75, 3.05) is 46.5 Å². The van der Waals surface area contributed by atoms with Gasteiger partial charge in [-0.3, -0.25) is 14.4 Å². The van der Waals surface area contributed by atoms with Crippen molar-refractivity contribution >= 4 is 62.9 Å². The molecule has 0 fully saturated rings. The van der Waals surface area contributed by atoms with Gasteiger partial charge in [0.05, 0.1) is 36.8 Å². The van der Waals surface area contributed by atoms with Crippen molar-refractivity contribution in [2.45, 2.75) is 481 Å². The second kappa shape index (κ2) is 57.0. The zero-order valence-corrected chi connectivity index (χ0v) is 101. The number of hydrogen-bond acceptors (Lipinski definition) is 18. The Bertz CT molecular complexity index is 5130. The molecule has 16 nitrogen and oxygen atoms in total. The minimum Gasteiger partial charge on any atom is -0.508 e. The number of ketones is 3. The number of ether oxygens (including phenoxy) is 8. The second-order valence-electron chi connectivity index (χ2n) is 50.6. The van der Waals surface area contributed by atoms with Crippen LogP contribution in [0.5, 0.6) is 40.2 Å². The molecule has 144 heavy (non-hydrogen) atoms. The quantitative estimate of drug-likeness (QED) is 0.00630. The summed E-state index contributed by atoms with van der Waals surface area (Å²) < 4.78 is 68.6. The molecule has 7 rings (SSSR count). The summed E-state index contributed by atoms with van der Waals surface area (Å²) in [4.78, 5) is 39.7. The largest absolute Gasteiger partial charge is 0.508 e. The highest BCUT2D eigenvalue weighted by Gasteiger charge is 2.39. The van der Waals surface area contributed by atoms with E-state index in [1.807, 2.05) is 109 Å². The lowest BCUT2D eigenvalue weighted by Crippen LogP contribution is -2.38. The van der Waals surface area contributed by atoms with Crippen molar-refractivity contribution in [3.05, 3.63) is 168 Å². The zero-order chi connectivity index (χ0) is 110. The van der Waals surface area contributed by atoms with Gasteiger partial charge in [0.1, 0.15) is 66.7 Å². The lowest BCUT2D eigenvalue weighted by atomic mass is 9.79. The lowest BCUT2D eigenvalue weighted by Gasteiger charge is -2.39. The van der Waals surface area contributed by atoms with E-state index in [9.17, 15) is 33.0 Å². The third-order valence-corrected chi connectivity index (χ3v) is 28.7. The first-order chi connectivity index (χ1) is 65.9. The van der Waals surface area contributed by atoms with Crippen LogP contribution in [0.15, 0.2) is 117 Å². The van der Waals surface area contributed by atoms with Gasteiger partial charge in [0.25, 0.3) is 0 Å². The van der Waals surface area contributed by atoms with Crippen LogP contribution in [0.3, 0.4) is 0 Å². The van der Waals surface area contributed by atoms with Gasteiger partial charge in [0.15, 0.2) is 28.8 Å². The van der Waals surface area contributed by atoms with Gasteiger partial charge in [0.2, 0.25) is 5.78 Å². The highest BCUT2D eigenvalue weighted by molar-refractivity contribution is 8.18. The summed E-state index contributed by atoms with van der Waals surface area (Å²) >= 11 is 3.78. The predicted octanol–water partition coefficient (Wildman–Crippen LogP) is 34.1. The molecular weight excluding hydrogens is 1850 g/mol. The van der Waals surface area contributed by atoms with E-state index in [-0.39, 0.29) is 93.9 Å². The number of carbonyl (C=O) groups excluding carboxylic acids is 3. The minimum absolute atomic E-state index is 0.00465. The zero-order valence-electron chi connectivity index (χ0n) is 98.8. The molecule has 0 saturated heterocycles. The van der Waals surface area contributed by atoms with Crippen LogP contribution >= 0.6 is 23.5 Å². The number of fused-ring (bicyclic) bond motifs is 1. The van der Waals surface area contributed by atoms with Gasteiger partial charge < -0.3 is 53.4 Å². The molecule has 19 heteroatoms. The average Bonchev–Trinajstić information content (AvgIpc) is 0.806. The van der Waals surface area contributed by atoms with Gasteiger partial charge in [-0.2, -0.15) is 0 Å². The molecule has 1 aliphatic heterocycles. The van der Waals surface area contributed by atoms with Gasteiger partial charge >= 0.3 is 0 Å². The molecule has 3 unspecified atom stereocenters. The Balaban J connectivity index is 0.000000479. The number of phenols is 1. The maximum absolute atomic E-state index is 12.6. The van der Waals surface area contributed by atoms with Gasteiger partial charge in [-0.25, -0.2) is 8.42 Å². The Morgan fingerprint density at radius 3 is 1.42 bits per heavy atom. The smallest absolute Gasteiger partial charge is 0.224 e. The first kappa shape index (κ1) is 131. The highest BCUT2D eigenvalue weighted by Crippen LogP contribution is 2.53. The monoisotopic (exact) mass is 2050 g/mol. The molecule has 1 heterocycles. The number of sulfone groups is 1. The van der Waals surface area contributed by atoms with Crippen LogP contribution in [-0.4, -0.2) is 120 Å². The van der Waals surface area contributed by atoms with Crippen LogP contribution in [0.25, 0.3) is 12.2 Å².